The third-order valence-electron chi connectivity index (χ3n) is 2.13. The van der Waals surface area contributed by atoms with Gasteiger partial charge in [-0.3, -0.25) is 9.89 Å². The number of nitrogens with two attached hydrogens (primary N) is 1. The zero-order chi connectivity index (χ0) is 13.3. The molecule has 17 heavy (non-hydrogen) atoms. The molecule has 0 aliphatic heterocycles. The minimum Gasteiger partial charge on any atom is -0.346 e. The summed E-state index contributed by atoms with van der Waals surface area (Å²) >= 11 is 0. The fraction of sp³-hybridized carbons (Fsp3) is 0.556. The monoisotopic (exact) mass is 250 g/mol. The predicted octanol–water partition coefficient (Wildman–Crippen LogP) is 0.896. The Bertz CT molecular complexity index is 411. The van der Waals surface area contributed by atoms with Gasteiger partial charge in [0.05, 0.1) is 11.8 Å². The van der Waals surface area contributed by atoms with Crippen LogP contribution in [0, 0.1) is 0 Å². The molecule has 0 saturated carbocycles. The van der Waals surface area contributed by atoms with E-state index in [9.17, 15) is 18.0 Å². The van der Waals surface area contributed by atoms with Gasteiger partial charge in [0.2, 0.25) is 0 Å². The van der Waals surface area contributed by atoms with Crippen molar-refractivity contribution in [2.24, 2.45) is 5.73 Å². The number of halogens is 3. The molecule has 96 valence electrons. The summed E-state index contributed by atoms with van der Waals surface area (Å²) < 4.78 is 37.4. The lowest BCUT2D eigenvalue weighted by Gasteiger charge is -2.24. The lowest BCUT2D eigenvalue weighted by Crippen LogP contribution is -2.49. The minimum atomic E-state index is -4.64. The van der Waals surface area contributed by atoms with E-state index in [0.29, 0.717) is 0 Å². The predicted molar refractivity (Wildman–Crippen MR) is 54.2 cm³/mol. The molecule has 0 radical (unpaired) electrons. The fourth-order valence-corrected chi connectivity index (χ4v) is 1.10. The highest BCUT2D eigenvalue weighted by Gasteiger charge is 2.38. The molecule has 0 unspecified atom stereocenters. The van der Waals surface area contributed by atoms with Crippen molar-refractivity contribution in [1.82, 2.24) is 15.5 Å². The van der Waals surface area contributed by atoms with Gasteiger partial charge in [-0.25, -0.2) is 0 Å². The van der Waals surface area contributed by atoms with Crippen LogP contribution < -0.4 is 11.1 Å². The summed E-state index contributed by atoms with van der Waals surface area (Å²) in [5.41, 5.74) is 2.88. The summed E-state index contributed by atoms with van der Waals surface area (Å²) in [5.74, 6) is -0.860. The number of aromatic nitrogens is 2. The molecule has 1 aromatic rings. The molecule has 1 amide bonds. The van der Waals surface area contributed by atoms with E-state index in [1.54, 1.807) is 18.9 Å². The minimum absolute atomic E-state index is 0.109. The molecule has 0 spiro atoms. The molecule has 0 fully saturated rings. The van der Waals surface area contributed by atoms with Crippen molar-refractivity contribution >= 4 is 5.91 Å². The molecule has 0 aromatic carbocycles. The second kappa shape index (κ2) is 4.36. The van der Waals surface area contributed by atoms with E-state index in [4.69, 9.17) is 5.73 Å². The Morgan fingerprint density at radius 1 is 1.53 bits per heavy atom. The van der Waals surface area contributed by atoms with Crippen LogP contribution in [0.4, 0.5) is 13.2 Å². The van der Waals surface area contributed by atoms with E-state index in [-0.39, 0.29) is 6.54 Å². The molecule has 0 aliphatic carbocycles. The van der Waals surface area contributed by atoms with Gasteiger partial charge in [-0.2, -0.15) is 18.3 Å². The van der Waals surface area contributed by atoms with Crippen LogP contribution in [-0.2, 0) is 6.18 Å². The summed E-state index contributed by atoms with van der Waals surface area (Å²) in [6, 6.07) is 0. The molecule has 0 bridgehead atoms. The third kappa shape index (κ3) is 3.19. The number of H-pyrrole nitrogens is 1. The number of alkyl halides is 3. The van der Waals surface area contributed by atoms with Gasteiger partial charge >= 0.3 is 6.18 Å². The van der Waals surface area contributed by atoms with E-state index in [2.05, 4.69) is 10.4 Å². The molecule has 0 atom stereocenters. The van der Waals surface area contributed by atoms with E-state index in [0.717, 1.165) is 6.20 Å². The Kier molecular flexibility index (Phi) is 3.46. The standard InChI is InChI=1S/C9H13F3N4O/c1-8(2,4-13)15-7(17)5-3-14-16-6(5)9(10,11)12/h3H,4,13H2,1-2H3,(H,14,16)(H,15,17). The Labute approximate surface area is 95.6 Å². The molecule has 0 aliphatic rings. The van der Waals surface area contributed by atoms with E-state index < -0.39 is 28.9 Å². The van der Waals surface area contributed by atoms with Gasteiger partial charge in [0.1, 0.15) is 0 Å². The van der Waals surface area contributed by atoms with Gasteiger partial charge in [0.15, 0.2) is 5.69 Å². The van der Waals surface area contributed by atoms with Crippen LogP contribution in [0.5, 0.6) is 0 Å². The molecule has 0 saturated heterocycles. The number of carbonyl (C=O) groups excluding carboxylic acids is 1. The van der Waals surface area contributed by atoms with Crippen molar-refractivity contribution in [1.29, 1.82) is 0 Å². The number of hydrogen-bond donors (Lipinski definition) is 3. The molecular formula is C9H13F3N4O. The number of hydrogen-bond acceptors (Lipinski definition) is 3. The maximum absolute atomic E-state index is 12.5. The lowest BCUT2D eigenvalue weighted by molar-refractivity contribution is -0.141. The molecule has 4 N–H and O–H groups in total. The quantitative estimate of drug-likeness (QED) is 0.745. The summed E-state index contributed by atoms with van der Waals surface area (Å²) in [7, 11) is 0. The summed E-state index contributed by atoms with van der Waals surface area (Å²) in [6.45, 7) is 3.33. The molecule has 1 aromatic heterocycles. The maximum Gasteiger partial charge on any atom is 0.433 e. The average Bonchev–Trinajstić information content (AvgIpc) is 2.64. The number of nitrogens with one attached hydrogen (secondary N) is 2. The van der Waals surface area contributed by atoms with Crippen molar-refractivity contribution in [3.8, 4) is 0 Å². The highest BCUT2D eigenvalue weighted by atomic mass is 19.4. The largest absolute Gasteiger partial charge is 0.433 e. The summed E-state index contributed by atoms with van der Waals surface area (Å²) in [6.07, 6.45) is -3.80. The highest BCUT2D eigenvalue weighted by molar-refractivity contribution is 5.95. The van der Waals surface area contributed by atoms with E-state index in [1.165, 1.54) is 0 Å². The first kappa shape index (κ1) is 13.5. The van der Waals surface area contributed by atoms with E-state index >= 15 is 0 Å². The van der Waals surface area contributed by atoms with Crippen molar-refractivity contribution in [2.75, 3.05) is 6.54 Å². The lowest BCUT2D eigenvalue weighted by atomic mass is 10.1. The number of aromatic amines is 1. The maximum atomic E-state index is 12.5. The van der Waals surface area contributed by atoms with Crippen LogP contribution >= 0.6 is 0 Å². The number of nitrogens with zero attached hydrogens (tertiary/aromatic N) is 1. The molecule has 1 heterocycles. The van der Waals surface area contributed by atoms with Crippen LogP contribution in [0.2, 0.25) is 0 Å². The second-order valence-corrected chi connectivity index (χ2v) is 4.20. The molecule has 1 rings (SSSR count). The van der Waals surface area contributed by atoms with Crippen LogP contribution in [0.3, 0.4) is 0 Å². The SMILES string of the molecule is CC(C)(CN)NC(=O)c1cn[nH]c1C(F)(F)F. The van der Waals surface area contributed by atoms with E-state index in [1.807, 2.05) is 0 Å². The van der Waals surface area contributed by atoms with Gasteiger partial charge in [-0.15, -0.1) is 0 Å². The number of carbonyl (C=O) groups is 1. The number of amides is 1. The Balaban J connectivity index is 2.95. The highest BCUT2D eigenvalue weighted by Crippen LogP contribution is 2.30. The van der Waals surface area contributed by atoms with Gasteiger partial charge in [-0.1, -0.05) is 0 Å². The molecule has 5 nitrogen and oxygen atoms in total. The van der Waals surface area contributed by atoms with Crippen LogP contribution in [0.25, 0.3) is 0 Å². The smallest absolute Gasteiger partial charge is 0.346 e. The first-order chi connectivity index (χ1) is 7.67. The fourth-order valence-electron chi connectivity index (χ4n) is 1.10. The average molecular weight is 250 g/mol. The zero-order valence-corrected chi connectivity index (χ0v) is 9.35. The molecule has 8 heteroatoms. The van der Waals surface area contributed by atoms with Crippen molar-refractivity contribution < 1.29 is 18.0 Å². The van der Waals surface area contributed by atoms with Gasteiger partial charge in [0.25, 0.3) is 5.91 Å². The summed E-state index contributed by atoms with van der Waals surface area (Å²) in [5, 5.41) is 7.39. The van der Waals surface area contributed by atoms with Crippen LogP contribution in [0.15, 0.2) is 6.20 Å². The first-order valence-electron chi connectivity index (χ1n) is 4.80. The molecular weight excluding hydrogens is 237 g/mol. The normalized spacial score (nSPS) is 12.6. The second-order valence-electron chi connectivity index (χ2n) is 4.20. The van der Waals surface area contributed by atoms with Crippen molar-refractivity contribution in [2.45, 2.75) is 25.6 Å². The summed E-state index contributed by atoms with van der Waals surface area (Å²) in [4.78, 5) is 11.6. The zero-order valence-electron chi connectivity index (χ0n) is 9.35. The Morgan fingerprint density at radius 2 is 2.12 bits per heavy atom. The van der Waals surface area contributed by atoms with Crippen LogP contribution in [0.1, 0.15) is 29.9 Å². The number of rotatable bonds is 3. The van der Waals surface area contributed by atoms with Crippen molar-refractivity contribution in [3.05, 3.63) is 17.5 Å². The van der Waals surface area contributed by atoms with Gasteiger partial charge < -0.3 is 11.1 Å². The van der Waals surface area contributed by atoms with Gasteiger partial charge in [-0.05, 0) is 13.8 Å². The van der Waals surface area contributed by atoms with Crippen LogP contribution in [-0.4, -0.2) is 28.2 Å². The van der Waals surface area contributed by atoms with Gasteiger partial charge in [0, 0.05) is 12.1 Å². The first-order valence-corrected chi connectivity index (χ1v) is 4.80. The Morgan fingerprint density at radius 3 is 2.59 bits per heavy atom. The third-order valence-corrected chi connectivity index (χ3v) is 2.13. The van der Waals surface area contributed by atoms with Crippen molar-refractivity contribution in [3.63, 3.8) is 0 Å². The topological polar surface area (TPSA) is 83.8 Å². The Hall–Kier alpha value is -1.57.